The third-order valence-corrected chi connectivity index (χ3v) is 6.09. The Bertz CT molecular complexity index is 1350. The van der Waals surface area contributed by atoms with E-state index in [1.54, 1.807) is 60.7 Å². The van der Waals surface area contributed by atoms with Crippen molar-refractivity contribution in [2.75, 3.05) is 10.2 Å². The maximum absolute atomic E-state index is 13.6. The normalized spacial score (nSPS) is 19.5. The summed E-state index contributed by atoms with van der Waals surface area (Å²) < 4.78 is 0. The van der Waals surface area contributed by atoms with Crippen molar-refractivity contribution in [2.24, 2.45) is 0 Å². The molecule has 2 N–H and O–H groups in total. The smallest absolute Gasteiger partial charge is 0.295 e. The van der Waals surface area contributed by atoms with E-state index in [0.717, 1.165) is 4.90 Å². The van der Waals surface area contributed by atoms with Crippen molar-refractivity contribution in [1.82, 2.24) is 0 Å². The second-order valence-electron chi connectivity index (χ2n) is 7.39. The molecule has 2 aliphatic heterocycles. The van der Waals surface area contributed by atoms with Crippen LogP contribution in [0.2, 0.25) is 10.0 Å². The van der Waals surface area contributed by atoms with Crippen LogP contribution in [-0.2, 0) is 15.1 Å². The highest BCUT2D eigenvalue weighted by Gasteiger charge is 2.64. The van der Waals surface area contributed by atoms with Crippen LogP contribution in [0.25, 0.3) is 0 Å². The summed E-state index contributed by atoms with van der Waals surface area (Å²) in [6.45, 7) is 0. The molecule has 2 aliphatic rings. The van der Waals surface area contributed by atoms with E-state index < -0.39 is 28.9 Å². The lowest BCUT2D eigenvalue weighted by atomic mass is 9.80. The number of amides is 2. The molecular weight excluding hydrogens is 451 g/mol. The third-order valence-electron chi connectivity index (χ3n) is 5.62. The van der Waals surface area contributed by atoms with Crippen LogP contribution in [-0.4, -0.2) is 22.7 Å². The van der Waals surface area contributed by atoms with Crippen molar-refractivity contribution in [1.29, 1.82) is 0 Å². The van der Waals surface area contributed by atoms with Crippen molar-refractivity contribution in [3.05, 3.63) is 105 Å². The largest absolute Gasteiger partial charge is 0.503 e. The number of benzene rings is 3. The lowest BCUT2D eigenvalue weighted by Crippen LogP contribution is -2.52. The zero-order valence-corrected chi connectivity index (χ0v) is 17.8. The molecule has 0 saturated carbocycles. The number of anilines is 2. The minimum atomic E-state index is -1.93. The number of ketones is 1. The highest BCUT2D eigenvalue weighted by Crippen LogP contribution is 2.53. The van der Waals surface area contributed by atoms with E-state index in [2.05, 4.69) is 5.32 Å². The van der Waals surface area contributed by atoms with Crippen LogP contribution in [0.3, 0.4) is 0 Å². The van der Waals surface area contributed by atoms with Gasteiger partial charge in [-0.25, -0.2) is 0 Å². The van der Waals surface area contributed by atoms with Gasteiger partial charge in [0.05, 0.1) is 5.57 Å². The molecule has 5 rings (SSSR count). The highest BCUT2D eigenvalue weighted by molar-refractivity contribution is 6.34. The molecule has 0 aliphatic carbocycles. The van der Waals surface area contributed by atoms with Gasteiger partial charge in [-0.3, -0.25) is 19.3 Å². The molecule has 2 amide bonds. The molecule has 3 aromatic rings. The zero-order valence-electron chi connectivity index (χ0n) is 16.3. The van der Waals surface area contributed by atoms with Crippen LogP contribution in [0.4, 0.5) is 11.4 Å². The zero-order chi connectivity index (χ0) is 22.6. The van der Waals surface area contributed by atoms with Gasteiger partial charge in [0, 0.05) is 32.5 Å². The molecule has 0 aromatic heterocycles. The quantitative estimate of drug-likeness (QED) is 0.540. The summed E-state index contributed by atoms with van der Waals surface area (Å²) in [4.78, 5) is 41.7. The minimum absolute atomic E-state index is 0.226. The summed E-state index contributed by atoms with van der Waals surface area (Å²) in [6, 6.07) is 19.1. The fourth-order valence-corrected chi connectivity index (χ4v) is 4.68. The number of carbonyl (C=O) groups is 3. The number of aliphatic hydroxyl groups excluding tert-OH is 1. The summed E-state index contributed by atoms with van der Waals surface area (Å²) >= 11 is 12.3. The fraction of sp³-hybridized carbons (Fsp3) is 0.0417. The van der Waals surface area contributed by atoms with Gasteiger partial charge in [0.25, 0.3) is 11.8 Å². The van der Waals surface area contributed by atoms with E-state index in [0.29, 0.717) is 21.3 Å². The van der Waals surface area contributed by atoms with Crippen LogP contribution >= 0.6 is 23.2 Å². The Hall–Kier alpha value is -3.61. The van der Waals surface area contributed by atoms with E-state index >= 15 is 0 Å². The predicted molar refractivity (Wildman–Crippen MR) is 121 cm³/mol. The lowest BCUT2D eigenvalue weighted by Gasteiger charge is -2.35. The topological polar surface area (TPSA) is 86.7 Å². The van der Waals surface area contributed by atoms with Gasteiger partial charge in [-0.05, 0) is 30.3 Å². The van der Waals surface area contributed by atoms with E-state index in [-0.39, 0.29) is 16.8 Å². The summed E-state index contributed by atoms with van der Waals surface area (Å²) in [6.07, 6.45) is 0. The van der Waals surface area contributed by atoms with Gasteiger partial charge >= 0.3 is 0 Å². The van der Waals surface area contributed by atoms with Crippen LogP contribution in [0.15, 0.2) is 84.1 Å². The molecule has 1 unspecified atom stereocenters. The van der Waals surface area contributed by atoms with Gasteiger partial charge in [0.2, 0.25) is 0 Å². The molecule has 0 radical (unpaired) electrons. The first-order valence-electron chi connectivity index (χ1n) is 9.60. The van der Waals surface area contributed by atoms with Gasteiger partial charge in [-0.1, -0.05) is 65.7 Å². The van der Waals surface area contributed by atoms with Gasteiger partial charge < -0.3 is 10.4 Å². The average molecular weight is 465 g/mol. The summed E-state index contributed by atoms with van der Waals surface area (Å²) in [7, 11) is 0. The summed E-state index contributed by atoms with van der Waals surface area (Å²) in [5, 5.41) is 14.3. The molecule has 2 heterocycles. The molecule has 1 spiro atoms. The molecular formula is C24H14Cl2N2O4. The number of hydrogen-bond donors (Lipinski definition) is 2. The number of fused-ring (bicyclic) bond motifs is 2. The first-order chi connectivity index (χ1) is 15.4. The molecule has 3 aromatic carbocycles. The van der Waals surface area contributed by atoms with E-state index in [1.807, 2.05) is 0 Å². The van der Waals surface area contributed by atoms with E-state index in [1.165, 1.54) is 12.1 Å². The number of nitrogens with zero attached hydrogens (tertiary/aromatic N) is 1. The van der Waals surface area contributed by atoms with Crippen LogP contribution in [0.5, 0.6) is 0 Å². The van der Waals surface area contributed by atoms with Crippen molar-refractivity contribution >= 4 is 52.2 Å². The minimum Gasteiger partial charge on any atom is -0.503 e. The number of Topliss-reactive ketones (excluding diaryl/α,β-unsaturated/α-hetero) is 1. The van der Waals surface area contributed by atoms with Crippen molar-refractivity contribution in [3.63, 3.8) is 0 Å². The molecule has 32 heavy (non-hydrogen) atoms. The third kappa shape index (κ3) is 2.70. The summed E-state index contributed by atoms with van der Waals surface area (Å²) in [5.41, 5.74) is -1.11. The van der Waals surface area contributed by atoms with Crippen molar-refractivity contribution in [2.45, 2.75) is 5.54 Å². The molecule has 158 valence electrons. The monoisotopic (exact) mass is 464 g/mol. The number of nitrogens with one attached hydrogen (secondary N) is 1. The molecule has 1 atom stereocenters. The Morgan fingerprint density at radius 3 is 2.34 bits per heavy atom. The lowest BCUT2D eigenvalue weighted by molar-refractivity contribution is -0.123. The van der Waals surface area contributed by atoms with Crippen LogP contribution in [0.1, 0.15) is 15.9 Å². The Morgan fingerprint density at radius 1 is 0.906 bits per heavy atom. The Kier molecular flexibility index (Phi) is 4.58. The van der Waals surface area contributed by atoms with Gasteiger partial charge in [0.1, 0.15) is 0 Å². The van der Waals surface area contributed by atoms with Crippen molar-refractivity contribution < 1.29 is 19.5 Å². The number of carbonyl (C=O) groups excluding carboxylic acids is 3. The maximum Gasteiger partial charge on any atom is 0.295 e. The van der Waals surface area contributed by atoms with E-state index in [9.17, 15) is 19.5 Å². The molecule has 0 saturated heterocycles. The first kappa shape index (κ1) is 20.3. The average Bonchev–Trinajstić information content (AvgIpc) is 3.18. The van der Waals surface area contributed by atoms with Gasteiger partial charge in [-0.15, -0.1) is 0 Å². The molecule has 0 fully saturated rings. The van der Waals surface area contributed by atoms with Gasteiger partial charge in [-0.2, -0.15) is 0 Å². The number of aliphatic hydroxyl groups is 1. The number of hydrogen-bond acceptors (Lipinski definition) is 4. The van der Waals surface area contributed by atoms with Crippen LogP contribution in [0, 0.1) is 0 Å². The Labute approximate surface area is 192 Å². The second kappa shape index (κ2) is 7.22. The molecule has 0 bridgehead atoms. The maximum atomic E-state index is 13.6. The molecule has 8 heteroatoms. The second-order valence-corrected chi connectivity index (χ2v) is 8.27. The Morgan fingerprint density at radius 2 is 1.62 bits per heavy atom. The Balaban J connectivity index is 1.84. The van der Waals surface area contributed by atoms with Crippen LogP contribution < -0.4 is 10.2 Å². The van der Waals surface area contributed by atoms with Crippen molar-refractivity contribution in [3.8, 4) is 0 Å². The van der Waals surface area contributed by atoms with Gasteiger partial charge in [0.15, 0.2) is 17.1 Å². The summed E-state index contributed by atoms with van der Waals surface area (Å²) in [5.74, 6) is -2.98. The first-order valence-corrected chi connectivity index (χ1v) is 10.4. The number of halogens is 2. The van der Waals surface area contributed by atoms with E-state index in [4.69, 9.17) is 23.2 Å². The SMILES string of the molecule is O=C(C1=C(O)C(=O)N(c2cccc(Cl)c2)C12C(=O)Nc1cc(Cl)ccc12)c1ccccc1. The molecule has 6 nitrogen and oxygen atoms in total. The number of rotatable bonds is 3. The fourth-order valence-electron chi connectivity index (χ4n) is 4.32. The highest BCUT2D eigenvalue weighted by atomic mass is 35.5. The standard InChI is InChI=1S/C24H14Cl2N2O4/c25-14-7-4-8-16(11-14)28-22(31)21(30)19(20(29)13-5-2-1-3-6-13)24(28)17-10-9-15(26)12-18(17)27-23(24)32/h1-12,30H,(H,27,32). The predicted octanol–water partition coefficient (Wildman–Crippen LogP) is 4.88.